The first-order valence-electron chi connectivity index (χ1n) is 19.4. The summed E-state index contributed by atoms with van der Waals surface area (Å²) in [5.41, 5.74) is 3.16. The summed E-state index contributed by atoms with van der Waals surface area (Å²) in [5.74, 6) is -4.06. The van der Waals surface area contributed by atoms with Crippen molar-refractivity contribution in [3.63, 3.8) is 0 Å². The first-order valence-corrected chi connectivity index (χ1v) is 20.5. The number of benzene rings is 3. The van der Waals surface area contributed by atoms with Gasteiger partial charge in [0.05, 0.1) is 48.0 Å². The van der Waals surface area contributed by atoms with Crippen molar-refractivity contribution in [2.75, 3.05) is 24.0 Å². The monoisotopic (exact) mass is 828 g/mol. The van der Waals surface area contributed by atoms with Crippen LogP contribution in [0.25, 0.3) is 32.8 Å². The van der Waals surface area contributed by atoms with Crippen molar-refractivity contribution in [3.05, 3.63) is 107 Å². The zero-order valence-corrected chi connectivity index (χ0v) is 34.6. The molecule has 5 aromatic rings. The van der Waals surface area contributed by atoms with E-state index in [0.29, 0.717) is 34.2 Å². The lowest BCUT2D eigenvalue weighted by molar-refractivity contribution is -0.132. The van der Waals surface area contributed by atoms with E-state index in [2.05, 4.69) is 6.58 Å². The number of anilines is 2. The molecule has 2 aliphatic heterocycles. The number of fused-ring (bicyclic) bond motifs is 5. The van der Waals surface area contributed by atoms with Crippen molar-refractivity contribution in [2.45, 2.75) is 26.7 Å². The molecule has 4 aliphatic rings. The number of aryl methyl sites for hydroxylation is 2. The third-order valence-corrected chi connectivity index (χ3v) is 14.5. The second kappa shape index (κ2) is 14.1. The van der Waals surface area contributed by atoms with E-state index >= 15 is 4.79 Å². The van der Waals surface area contributed by atoms with Gasteiger partial charge in [0.15, 0.2) is 11.5 Å². The molecule has 4 heterocycles. The van der Waals surface area contributed by atoms with Crippen molar-refractivity contribution in [1.29, 1.82) is 0 Å². The zero-order valence-electron chi connectivity index (χ0n) is 33.1. The summed E-state index contributed by atoms with van der Waals surface area (Å²) in [5, 5.41) is 17.1. The van der Waals surface area contributed by atoms with Crippen LogP contribution in [0.4, 0.5) is 11.5 Å². The van der Waals surface area contributed by atoms with E-state index < -0.39 is 35.0 Å². The standard InChI is InChI=1S/C46H41ClN4O7S/c1-7-24-8-12-27(13-9-24)50-42(53)29-15-14-28-31(39(29)44(50)55)21-33-43(54)51(38-22-34(48-49(38)4)41-23(2)30-20-26(47)11-17-37(30)59-41)45(56)46(33,3)32(28)16-10-25-18-35(57-5)40(52)36(19-25)58-6/h7-14,16-20,22,29,31-33,39,52H,1,15,21H2,2-6H3/t29-,31+,32-,33-,39-,46-/m0/s1. The average molecular weight is 829 g/mol. The molecule has 1 N–H and O–H groups in total. The fraction of sp³-hybridized carbons (Fsp3) is 0.283. The van der Waals surface area contributed by atoms with Crippen LogP contribution in [0.15, 0.2) is 85.0 Å². The summed E-state index contributed by atoms with van der Waals surface area (Å²) >= 11 is 7.90. The van der Waals surface area contributed by atoms with E-state index in [9.17, 15) is 19.5 Å². The molecular formula is C46H41ClN4O7S. The summed E-state index contributed by atoms with van der Waals surface area (Å²) in [6.07, 6.45) is 7.94. The Morgan fingerprint density at radius 3 is 2.32 bits per heavy atom. The van der Waals surface area contributed by atoms with Crippen molar-refractivity contribution < 1.29 is 33.8 Å². The van der Waals surface area contributed by atoms with Gasteiger partial charge < -0.3 is 14.6 Å². The topological polar surface area (TPSA) is 131 Å². The number of carbonyl (C=O) groups is 4. The number of amides is 4. The van der Waals surface area contributed by atoms with Crippen LogP contribution in [0, 0.1) is 41.9 Å². The molecule has 2 aromatic heterocycles. The molecule has 2 saturated heterocycles. The van der Waals surface area contributed by atoms with Crippen LogP contribution in [0.2, 0.25) is 5.02 Å². The van der Waals surface area contributed by atoms with Gasteiger partial charge in [0, 0.05) is 28.8 Å². The minimum Gasteiger partial charge on any atom is -0.502 e. The second-order valence-corrected chi connectivity index (χ2v) is 17.3. The number of nitrogens with zero attached hydrogens (tertiary/aromatic N) is 4. The average Bonchev–Trinajstić information content (AvgIpc) is 3.90. The first kappa shape index (κ1) is 38.5. The van der Waals surface area contributed by atoms with E-state index in [1.165, 1.54) is 24.0 Å². The fourth-order valence-corrected chi connectivity index (χ4v) is 11.2. The summed E-state index contributed by atoms with van der Waals surface area (Å²) in [6, 6.07) is 18.0. The van der Waals surface area contributed by atoms with Crippen molar-refractivity contribution in [1.82, 2.24) is 9.78 Å². The number of imide groups is 2. The molecule has 0 bridgehead atoms. The number of carbonyl (C=O) groups excluding carboxylic acids is 4. The number of phenolic OH excluding ortho intramolecular Hbond substituents is 1. The minimum absolute atomic E-state index is 0.150. The van der Waals surface area contributed by atoms with E-state index in [4.69, 9.17) is 26.2 Å². The van der Waals surface area contributed by atoms with Crippen molar-refractivity contribution in [2.24, 2.45) is 42.1 Å². The molecular weight excluding hydrogens is 788 g/mol. The Bertz CT molecular complexity index is 2690. The Morgan fingerprint density at radius 1 is 0.932 bits per heavy atom. The summed E-state index contributed by atoms with van der Waals surface area (Å²) < 4.78 is 13.5. The molecule has 300 valence electrons. The fourth-order valence-electron chi connectivity index (χ4n) is 9.88. The van der Waals surface area contributed by atoms with Crippen molar-refractivity contribution >= 4 is 80.3 Å². The van der Waals surface area contributed by atoms with Gasteiger partial charge in [-0.15, -0.1) is 11.3 Å². The molecule has 0 radical (unpaired) electrons. The normalized spacial score (nSPS) is 25.1. The molecule has 0 unspecified atom stereocenters. The number of allylic oxidation sites excluding steroid dienone is 3. The molecule has 4 amide bonds. The van der Waals surface area contributed by atoms with Gasteiger partial charge >= 0.3 is 0 Å². The van der Waals surface area contributed by atoms with E-state index in [1.807, 2.05) is 62.4 Å². The van der Waals surface area contributed by atoms with Gasteiger partial charge in [-0.2, -0.15) is 5.10 Å². The van der Waals surface area contributed by atoms with Gasteiger partial charge in [0.25, 0.3) is 0 Å². The second-order valence-electron chi connectivity index (χ2n) is 15.9. The molecule has 9 rings (SSSR count). The van der Waals surface area contributed by atoms with E-state index in [0.717, 1.165) is 31.7 Å². The van der Waals surface area contributed by atoms with Crippen molar-refractivity contribution in [3.8, 4) is 27.8 Å². The number of thiophene rings is 1. The molecule has 6 atom stereocenters. The van der Waals surface area contributed by atoms with Crippen LogP contribution in [0.1, 0.15) is 36.5 Å². The highest BCUT2D eigenvalue weighted by Crippen LogP contribution is 2.61. The highest BCUT2D eigenvalue weighted by atomic mass is 35.5. The molecule has 59 heavy (non-hydrogen) atoms. The Kier molecular flexibility index (Phi) is 9.20. The Hall–Kier alpha value is -5.98. The number of ether oxygens (including phenoxy) is 2. The molecule has 3 aromatic carbocycles. The molecule has 13 heteroatoms. The van der Waals surface area contributed by atoms with Crippen LogP contribution in [-0.2, 0) is 26.2 Å². The molecule has 0 spiro atoms. The van der Waals surface area contributed by atoms with E-state index in [1.54, 1.807) is 59.5 Å². The predicted octanol–water partition coefficient (Wildman–Crippen LogP) is 8.61. The SMILES string of the molecule is C=Cc1ccc(N2C(=O)[C@H]3[C@H](CC=C4[C@H]3C[C@H]3C(=O)N(c5cc(-c6sc7ccc(Cl)cc7c6C)nn5C)C(=O)[C@@]3(C)[C@H]4C=Cc3cc(OC)c(O)c(OC)c3)C2=O)cc1. The van der Waals surface area contributed by atoms with Crippen LogP contribution in [-0.4, -0.2) is 52.7 Å². The lowest BCUT2D eigenvalue weighted by Crippen LogP contribution is -2.49. The molecule has 1 saturated carbocycles. The Balaban J connectivity index is 1.14. The third kappa shape index (κ3) is 5.71. The number of hydrogen-bond donors (Lipinski definition) is 1. The lowest BCUT2D eigenvalue weighted by atomic mass is 9.52. The lowest BCUT2D eigenvalue weighted by Gasteiger charge is -2.47. The van der Waals surface area contributed by atoms with Crippen LogP contribution < -0.4 is 19.3 Å². The maximum absolute atomic E-state index is 15.2. The van der Waals surface area contributed by atoms with Gasteiger partial charge in [0.2, 0.25) is 29.4 Å². The highest BCUT2D eigenvalue weighted by molar-refractivity contribution is 7.22. The smallest absolute Gasteiger partial charge is 0.242 e. The van der Waals surface area contributed by atoms with Crippen LogP contribution >= 0.6 is 22.9 Å². The van der Waals surface area contributed by atoms with Crippen LogP contribution in [0.5, 0.6) is 17.2 Å². The van der Waals surface area contributed by atoms with E-state index in [-0.39, 0.29) is 47.3 Å². The number of rotatable bonds is 8. The quantitative estimate of drug-likeness (QED) is 0.122. The van der Waals surface area contributed by atoms with Gasteiger partial charge in [-0.05, 0) is 97.1 Å². The zero-order chi connectivity index (χ0) is 41.7. The predicted molar refractivity (Wildman–Crippen MR) is 228 cm³/mol. The van der Waals surface area contributed by atoms with Gasteiger partial charge in [0.1, 0.15) is 11.5 Å². The summed E-state index contributed by atoms with van der Waals surface area (Å²) in [7, 11) is 4.61. The Morgan fingerprint density at radius 2 is 1.64 bits per heavy atom. The third-order valence-electron chi connectivity index (χ3n) is 12.9. The largest absolute Gasteiger partial charge is 0.502 e. The van der Waals surface area contributed by atoms with Gasteiger partial charge in [-0.25, -0.2) is 4.90 Å². The van der Waals surface area contributed by atoms with Gasteiger partial charge in [-0.1, -0.05) is 60.2 Å². The molecule has 2 aliphatic carbocycles. The number of hydrogen-bond acceptors (Lipinski definition) is 9. The maximum Gasteiger partial charge on any atom is 0.242 e. The number of phenols is 1. The number of aromatic nitrogens is 2. The van der Waals surface area contributed by atoms with Gasteiger partial charge in [-0.3, -0.25) is 28.8 Å². The number of methoxy groups -OCH3 is 2. The first-order chi connectivity index (χ1) is 28.3. The molecule has 11 nitrogen and oxygen atoms in total. The highest BCUT2D eigenvalue weighted by Gasteiger charge is 2.67. The molecule has 3 fully saturated rings. The number of aromatic hydroxyl groups is 1. The summed E-state index contributed by atoms with van der Waals surface area (Å²) in [4.78, 5) is 62.2. The minimum atomic E-state index is -1.27. The van der Waals surface area contributed by atoms with Crippen LogP contribution in [0.3, 0.4) is 0 Å². The Labute approximate surface area is 349 Å². The number of halogens is 1. The summed E-state index contributed by atoms with van der Waals surface area (Å²) in [6.45, 7) is 7.65. The maximum atomic E-state index is 15.2.